The Morgan fingerprint density at radius 1 is 1.19 bits per heavy atom. The van der Waals surface area contributed by atoms with Gasteiger partial charge in [-0.1, -0.05) is 29.3 Å². The fourth-order valence-corrected chi connectivity index (χ4v) is 2.90. The lowest BCUT2D eigenvalue weighted by molar-refractivity contribution is 0.272. The molecule has 120 valence electrons. The first-order valence-electron chi connectivity index (χ1n) is 7.92. The van der Waals surface area contributed by atoms with E-state index in [0.29, 0.717) is 6.61 Å². The summed E-state index contributed by atoms with van der Waals surface area (Å²) >= 11 is 3.56. The van der Waals surface area contributed by atoms with Crippen molar-refractivity contribution in [2.45, 2.75) is 52.5 Å². The molecule has 0 bridgehead atoms. The fraction of sp³-hybridized carbons (Fsp3) is 0.647. The molecule has 4 heteroatoms. The zero-order valence-electron chi connectivity index (χ0n) is 13.3. The van der Waals surface area contributed by atoms with Crippen molar-refractivity contribution in [2.24, 2.45) is 0 Å². The van der Waals surface area contributed by atoms with Gasteiger partial charge in [0.2, 0.25) is 0 Å². The van der Waals surface area contributed by atoms with Crippen LogP contribution in [0.25, 0.3) is 0 Å². The summed E-state index contributed by atoms with van der Waals surface area (Å²) < 4.78 is 7.11. The number of unbranched alkanes of at least 4 members (excludes halogenated alkanes) is 3. The first-order chi connectivity index (χ1) is 10.2. The highest BCUT2D eigenvalue weighted by Crippen LogP contribution is 2.28. The van der Waals surface area contributed by atoms with Gasteiger partial charge in [0, 0.05) is 23.2 Å². The smallest absolute Gasteiger partial charge is 0.126 e. The minimum Gasteiger partial charge on any atom is -0.493 e. The summed E-state index contributed by atoms with van der Waals surface area (Å²) in [6.45, 7) is 7.16. The van der Waals surface area contributed by atoms with E-state index in [1.807, 2.05) is 0 Å². The first kappa shape index (κ1) is 18.5. The molecule has 0 saturated heterocycles. The predicted molar refractivity (Wildman–Crippen MR) is 91.9 cm³/mol. The molecule has 3 nitrogen and oxygen atoms in total. The van der Waals surface area contributed by atoms with Gasteiger partial charge in [0.25, 0.3) is 0 Å². The maximum absolute atomic E-state index is 8.76. The van der Waals surface area contributed by atoms with Crippen molar-refractivity contribution in [2.75, 3.05) is 19.8 Å². The van der Waals surface area contributed by atoms with Crippen LogP contribution in [0.15, 0.2) is 16.6 Å². The van der Waals surface area contributed by atoms with Crippen molar-refractivity contribution in [1.82, 2.24) is 5.32 Å². The maximum atomic E-state index is 8.76. The number of aliphatic hydroxyl groups is 1. The molecule has 0 spiro atoms. The van der Waals surface area contributed by atoms with E-state index in [4.69, 9.17) is 9.84 Å². The van der Waals surface area contributed by atoms with Crippen LogP contribution in [0.1, 0.15) is 50.2 Å². The second-order valence-corrected chi connectivity index (χ2v) is 6.29. The van der Waals surface area contributed by atoms with Gasteiger partial charge in [-0.3, -0.25) is 0 Å². The van der Waals surface area contributed by atoms with Crippen molar-refractivity contribution in [1.29, 1.82) is 0 Å². The standard InChI is InChI=1S/C17H28BrNO2/c1-3-8-19-13-15-12-16(18)11-14(2)17(15)21-10-7-5-4-6-9-20/h11-12,19-20H,3-10,13H2,1-2H3. The van der Waals surface area contributed by atoms with Crippen molar-refractivity contribution in [3.63, 3.8) is 0 Å². The molecule has 1 aromatic rings. The van der Waals surface area contributed by atoms with Crippen molar-refractivity contribution in [3.8, 4) is 5.75 Å². The Labute approximate surface area is 137 Å². The molecule has 0 aromatic heterocycles. The van der Waals surface area contributed by atoms with Gasteiger partial charge in [-0.2, -0.15) is 0 Å². The van der Waals surface area contributed by atoms with Gasteiger partial charge in [-0.25, -0.2) is 0 Å². The van der Waals surface area contributed by atoms with Crippen molar-refractivity contribution < 1.29 is 9.84 Å². The Bertz CT molecular complexity index is 410. The van der Waals surface area contributed by atoms with Gasteiger partial charge in [-0.05, 0) is 56.8 Å². The number of ether oxygens (including phenoxy) is 1. The topological polar surface area (TPSA) is 41.5 Å². The lowest BCUT2D eigenvalue weighted by Crippen LogP contribution is -2.15. The van der Waals surface area contributed by atoms with Gasteiger partial charge in [0.15, 0.2) is 0 Å². The van der Waals surface area contributed by atoms with E-state index in [1.54, 1.807) is 0 Å². The van der Waals surface area contributed by atoms with E-state index in [0.717, 1.165) is 62.0 Å². The Kier molecular flexibility index (Phi) is 9.72. The highest BCUT2D eigenvalue weighted by molar-refractivity contribution is 9.10. The van der Waals surface area contributed by atoms with E-state index in [9.17, 15) is 0 Å². The van der Waals surface area contributed by atoms with E-state index in [2.05, 4.69) is 47.2 Å². The number of benzene rings is 1. The van der Waals surface area contributed by atoms with Gasteiger partial charge in [0.1, 0.15) is 5.75 Å². The minimum absolute atomic E-state index is 0.292. The van der Waals surface area contributed by atoms with E-state index >= 15 is 0 Å². The minimum atomic E-state index is 0.292. The monoisotopic (exact) mass is 357 g/mol. The largest absolute Gasteiger partial charge is 0.493 e. The van der Waals surface area contributed by atoms with Crippen LogP contribution in [-0.4, -0.2) is 24.9 Å². The molecule has 0 fully saturated rings. The molecule has 0 aliphatic rings. The number of aliphatic hydroxyl groups excluding tert-OH is 1. The number of aryl methyl sites for hydroxylation is 1. The van der Waals surface area contributed by atoms with Gasteiger partial charge < -0.3 is 15.2 Å². The number of hydrogen-bond acceptors (Lipinski definition) is 3. The summed E-state index contributed by atoms with van der Waals surface area (Å²) in [5.74, 6) is 1.02. The van der Waals surface area contributed by atoms with Crippen LogP contribution in [0.4, 0.5) is 0 Å². The zero-order valence-corrected chi connectivity index (χ0v) is 14.8. The molecule has 0 amide bonds. The Morgan fingerprint density at radius 3 is 2.67 bits per heavy atom. The van der Waals surface area contributed by atoms with Crippen LogP contribution in [0, 0.1) is 6.92 Å². The third kappa shape index (κ3) is 7.30. The normalized spacial score (nSPS) is 10.9. The summed E-state index contributed by atoms with van der Waals surface area (Å²) in [7, 11) is 0. The van der Waals surface area contributed by atoms with Gasteiger partial charge in [0.05, 0.1) is 6.61 Å². The summed E-state index contributed by atoms with van der Waals surface area (Å²) in [6.07, 6.45) is 5.25. The molecule has 0 aliphatic carbocycles. The average molecular weight is 358 g/mol. The highest BCUT2D eigenvalue weighted by Gasteiger charge is 2.09. The Balaban J connectivity index is 2.53. The summed E-state index contributed by atoms with van der Waals surface area (Å²) in [5.41, 5.74) is 2.39. The van der Waals surface area contributed by atoms with E-state index < -0.39 is 0 Å². The first-order valence-corrected chi connectivity index (χ1v) is 8.71. The highest BCUT2D eigenvalue weighted by atomic mass is 79.9. The van der Waals surface area contributed by atoms with Crippen LogP contribution >= 0.6 is 15.9 Å². The molecular formula is C17H28BrNO2. The van der Waals surface area contributed by atoms with Gasteiger partial charge >= 0.3 is 0 Å². The molecule has 0 unspecified atom stereocenters. The van der Waals surface area contributed by atoms with Crippen LogP contribution in [0.5, 0.6) is 5.75 Å². The van der Waals surface area contributed by atoms with E-state index in [-0.39, 0.29) is 0 Å². The SMILES string of the molecule is CCCNCc1cc(Br)cc(C)c1OCCCCCCO. The van der Waals surface area contributed by atoms with Crippen molar-refractivity contribution >= 4 is 15.9 Å². The fourth-order valence-electron chi connectivity index (χ4n) is 2.28. The molecule has 1 aromatic carbocycles. The Hall–Kier alpha value is -0.580. The second kappa shape index (κ2) is 11.0. The number of hydrogen-bond donors (Lipinski definition) is 2. The number of nitrogens with one attached hydrogen (secondary N) is 1. The van der Waals surface area contributed by atoms with Crippen LogP contribution in [-0.2, 0) is 6.54 Å². The van der Waals surface area contributed by atoms with Crippen LogP contribution < -0.4 is 10.1 Å². The average Bonchev–Trinajstić information content (AvgIpc) is 2.45. The molecular weight excluding hydrogens is 330 g/mol. The molecule has 0 heterocycles. The van der Waals surface area contributed by atoms with Gasteiger partial charge in [-0.15, -0.1) is 0 Å². The molecule has 0 atom stereocenters. The third-order valence-corrected chi connectivity index (χ3v) is 3.82. The molecule has 0 saturated carbocycles. The maximum Gasteiger partial charge on any atom is 0.126 e. The third-order valence-electron chi connectivity index (χ3n) is 3.36. The lowest BCUT2D eigenvalue weighted by Gasteiger charge is -2.15. The molecule has 1 rings (SSSR count). The molecule has 21 heavy (non-hydrogen) atoms. The number of rotatable bonds is 11. The Morgan fingerprint density at radius 2 is 1.95 bits per heavy atom. The predicted octanol–water partition coefficient (Wildman–Crippen LogP) is 4.19. The summed E-state index contributed by atoms with van der Waals surface area (Å²) in [4.78, 5) is 0. The second-order valence-electron chi connectivity index (χ2n) is 5.37. The number of halogens is 1. The summed E-state index contributed by atoms with van der Waals surface area (Å²) in [6, 6.07) is 4.24. The summed E-state index contributed by atoms with van der Waals surface area (Å²) in [5, 5.41) is 12.2. The zero-order chi connectivity index (χ0) is 15.5. The van der Waals surface area contributed by atoms with E-state index in [1.165, 1.54) is 11.1 Å². The lowest BCUT2D eigenvalue weighted by atomic mass is 10.1. The molecule has 0 aliphatic heterocycles. The quantitative estimate of drug-likeness (QED) is 0.583. The van der Waals surface area contributed by atoms with Crippen LogP contribution in [0.3, 0.4) is 0 Å². The molecule has 2 N–H and O–H groups in total. The molecule has 0 radical (unpaired) electrons. The van der Waals surface area contributed by atoms with Crippen LogP contribution in [0.2, 0.25) is 0 Å². The van der Waals surface area contributed by atoms with Crippen molar-refractivity contribution in [3.05, 3.63) is 27.7 Å².